The number of aromatic nitrogens is 2. The molecule has 1 N–H and O–H groups in total. The average Bonchev–Trinajstić information content (AvgIpc) is 2.79. The monoisotopic (exact) mass is 440 g/mol. The summed E-state index contributed by atoms with van der Waals surface area (Å²) in [4.78, 5) is 24.5. The van der Waals surface area contributed by atoms with Crippen molar-refractivity contribution in [2.75, 3.05) is 37.0 Å². The molecule has 3 aromatic rings. The van der Waals surface area contributed by atoms with Gasteiger partial charge in [0.05, 0.1) is 35.7 Å². The number of halogens is 1. The highest BCUT2D eigenvalue weighted by Crippen LogP contribution is 2.32. The van der Waals surface area contributed by atoms with Crippen LogP contribution in [-0.4, -0.2) is 42.7 Å². The highest BCUT2D eigenvalue weighted by Gasteiger charge is 2.29. The second-order valence-electron chi connectivity index (χ2n) is 7.40. The Balaban J connectivity index is 1.53. The molecular formula is C23H25ClN4O3. The van der Waals surface area contributed by atoms with Gasteiger partial charge in [-0.2, -0.15) is 0 Å². The Morgan fingerprint density at radius 3 is 2.71 bits per heavy atom. The summed E-state index contributed by atoms with van der Waals surface area (Å²) in [5, 5.41) is 3.43. The molecule has 1 aromatic heterocycles. The molecule has 1 saturated heterocycles. The van der Waals surface area contributed by atoms with Crippen LogP contribution < -0.4 is 19.7 Å². The number of fused-ring (bicyclic) bond motifs is 1. The lowest BCUT2D eigenvalue weighted by Crippen LogP contribution is -2.41. The van der Waals surface area contributed by atoms with Crippen molar-refractivity contribution in [2.45, 2.75) is 19.8 Å². The number of nitrogens with one attached hydrogen (secondary N) is 1. The molecule has 1 aliphatic rings. The number of carbonyl (C=O) groups excluding carboxylic acids is 1. The van der Waals surface area contributed by atoms with Crippen LogP contribution in [0.1, 0.15) is 19.8 Å². The van der Waals surface area contributed by atoms with Gasteiger partial charge in [-0.3, -0.25) is 4.79 Å². The molecule has 1 amide bonds. The first-order valence-corrected chi connectivity index (χ1v) is 10.8. The Kier molecular flexibility index (Phi) is 6.42. The Labute approximate surface area is 186 Å². The molecule has 31 heavy (non-hydrogen) atoms. The first-order valence-electron chi connectivity index (χ1n) is 10.4. The summed E-state index contributed by atoms with van der Waals surface area (Å²) in [5.41, 5.74) is 2.24. The van der Waals surface area contributed by atoms with Crippen LogP contribution in [0, 0.1) is 5.92 Å². The predicted octanol–water partition coefficient (Wildman–Crippen LogP) is 4.55. The molecule has 162 valence electrons. The molecule has 2 heterocycles. The minimum absolute atomic E-state index is 0.0439. The summed E-state index contributed by atoms with van der Waals surface area (Å²) in [6.45, 7) is 3.76. The zero-order valence-corrected chi connectivity index (χ0v) is 18.4. The van der Waals surface area contributed by atoms with Crippen LogP contribution in [0.4, 0.5) is 11.5 Å². The van der Waals surface area contributed by atoms with Crippen molar-refractivity contribution in [3.8, 4) is 11.6 Å². The van der Waals surface area contributed by atoms with E-state index in [9.17, 15) is 4.79 Å². The zero-order chi connectivity index (χ0) is 21.8. The van der Waals surface area contributed by atoms with Gasteiger partial charge in [-0.05, 0) is 50.1 Å². The van der Waals surface area contributed by atoms with Crippen molar-refractivity contribution in [3.05, 3.63) is 47.5 Å². The maximum absolute atomic E-state index is 13.0. The van der Waals surface area contributed by atoms with Crippen LogP contribution in [0.25, 0.3) is 11.0 Å². The molecule has 0 saturated carbocycles. The second-order valence-corrected chi connectivity index (χ2v) is 7.81. The molecule has 8 heteroatoms. The number of nitrogens with zero attached hydrogens (tertiary/aromatic N) is 3. The number of ether oxygens (including phenoxy) is 2. The van der Waals surface area contributed by atoms with Gasteiger partial charge in [-0.25, -0.2) is 9.97 Å². The molecule has 0 aliphatic carbocycles. The molecule has 2 aromatic carbocycles. The molecule has 0 radical (unpaired) electrons. The third-order valence-corrected chi connectivity index (χ3v) is 5.61. The van der Waals surface area contributed by atoms with Crippen LogP contribution in [0.15, 0.2) is 42.5 Å². The van der Waals surface area contributed by atoms with E-state index < -0.39 is 0 Å². The van der Waals surface area contributed by atoms with E-state index in [2.05, 4.69) is 15.2 Å². The van der Waals surface area contributed by atoms with Gasteiger partial charge in [-0.1, -0.05) is 23.7 Å². The molecule has 1 fully saturated rings. The van der Waals surface area contributed by atoms with E-state index in [0.717, 1.165) is 30.4 Å². The van der Waals surface area contributed by atoms with Gasteiger partial charge in [-0.15, -0.1) is 0 Å². The van der Waals surface area contributed by atoms with Crippen molar-refractivity contribution in [1.29, 1.82) is 0 Å². The normalized spacial score (nSPS) is 16.2. The Morgan fingerprint density at radius 1 is 1.23 bits per heavy atom. The summed E-state index contributed by atoms with van der Waals surface area (Å²) >= 11 is 6.18. The van der Waals surface area contributed by atoms with Crippen LogP contribution >= 0.6 is 11.6 Å². The number of carbonyl (C=O) groups is 1. The van der Waals surface area contributed by atoms with Crippen LogP contribution in [0.2, 0.25) is 5.02 Å². The van der Waals surface area contributed by atoms with Crippen LogP contribution in [0.3, 0.4) is 0 Å². The van der Waals surface area contributed by atoms with E-state index >= 15 is 0 Å². The second kappa shape index (κ2) is 9.39. The lowest BCUT2D eigenvalue weighted by Gasteiger charge is -2.33. The lowest BCUT2D eigenvalue weighted by atomic mass is 9.97. The molecule has 0 bridgehead atoms. The smallest absolute Gasteiger partial charge is 0.258 e. The minimum atomic E-state index is -0.183. The van der Waals surface area contributed by atoms with Gasteiger partial charge in [0, 0.05) is 18.8 Å². The molecule has 1 atom stereocenters. The molecule has 1 aliphatic heterocycles. The molecule has 7 nitrogen and oxygen atoms in total. The summed E-state index contributed by atoms with van der Waals surface area (Å²) in [6.07, 6.45) is 1.68. The highest BCUT2D eigenvalue weighted by atomic mass is 35.5. The van der Waals surface area contributed by atoms with E-state index in [1.54, 1.807) is 25.3 Å². The maximum atomic E-state index is 13.0. The number of amides is 1. The fourth-order valence-electron chi connectivity index (χ4n) is 3.79. The zero-order valence-electron chi connectivity index (χ0n) is 17.6. The van der Waals surface area contributed by atoms with E-state index in [4.69, 9.17) is 26.1 Å². The summed E-state index contributed by atoms with van der Waals surface area (Å²) in [5.74, 6) is 1.53. The average molecular weight is 441 g/mol. The number of para-hydroxylation sites is 2. The quantitative estimate of drug-likeness (QED) is 0.606. The third kappa shape index (κ3) is 4.66. The predicted molar refractivity (Wildman–Crippen MR) is 122 cm³/mol. The van der Waals surface area contributed by atoms with E-state index in [0.29, 0.717) is 41.3 Å². The number of methoxy groups -OCH3 is 1. The van der Waals surface area contributed by atoms with Gasteiger partial charge < -0.3 is 19.7 Å². The third-order valence-electron chi connectivity index (χ3n) is 5.31. The standard InChI is InChI=1S/C23H25ClN4O3/c1-3-31-23-21(26-18-8-4-5-9-19(18)27-23)28-12-6-7-15(14-28)22(29)25-16-10-11-20(30-2)17(24)13-16/h4-5,8-11,13,15H,3,6-7,12,14H2,1-2H3,(H,25,29). The minimum Gasteiger partial charge on any atom is -0.495 e. The number of piperidine rings is 1. The Hall–Kier alpha value is -3.06. The van der Waals surface area contributed by atoms with Crippen LogP contribution in [0.5, 0.6) is 11.6 Å². The summed E-state index contributed by atoms with van der Waals surface area (Å²) in [6, 6.07) is 12.9. The number of hydrogen-bond acceptors (Lipinski definition) is 6. The first-order chi connectivity index (χ1) is 15.1. The van der Waals surface area contributed by atoms with Crippen molar-refractivity contribution in [3.63, 3.8) is 0 Å². The van der Waals surface area contributed by atoms with Gasteiger partial charge in [0.1, 0.15) is 5.75 Å². The molecule has 4 rings (SSSR count). The lowest BCUT2D eigenvalue weighted by molar-refractivity contribution is -0.120. The highest BCUT2D eigenvalue weighted by molar-refractivity contribution is 6.32. The maximum Gasteiger partial charge on any atom is 0.258 e. The van der Waals surface area contributed by atoms with E-state index in [1.165, 1.54) is 0 Å². The van der Waals surface area contributed by atoms with Crippen LogP contribution in [-0.2, 0) is 4.79 Å². The molecular weight excluding hydrogens is 416 g/mol. The first kappa shape index (κ1) is 21.2. The summed E-state index contributed by atoms with van der Waals surface area (Å²) in [7, 11) is 1.56. The van der Waals surface area contributed by atoms with Crippen molar-refractivity contribution >= 4 is 40.0 Å². The van der Waals surface area contributed by atoms with Gasteiger partial charge in [0.2, 0.25) is 5.91 Å². The van der Waals surface area contributed by atoms with Crippen molar-refractivity contribution < 1.29 is 14.3 Å². The summed E-state index contributed by atoms with van der Waals surface area (Å²) < 4.78 is 11.0. The van der Waals surface area contributed by atoms with Gasteiger partial charge >= 0.3 is 0 Å². The fraction of sp³-hybridized carbons (Fsp3) is 0.348. The van der Waals surface area contributed by atoms with Crippen molar-refractivity contribution in [1.82, 2.24) is 9.97 Å². The van der Waals surface area contributed by atoms with Gasteiger partial charge in [0.15, 0.2) is 5.82 Å². The number of benzene rings is 2. The SMILES string of the molecule is CCOc1nc2ccccc2nc1N1CCCC(C(=O)Nc2ccc(OC)c(Cl)c2)C1. The Morgan fingerprint density at radius 2 is 2.00 bits per heavy atom. The topological polar surface area (TPSA) is 76.6 Å². The fourth-order valence-corrected chi connectivity index (χ4v) is 4.04. The van der Waals surface area contributed by atoms with E-state index in [-0.39, 0.29) is 11.8 Å². The number of hydrogen-bond donors (Lipinski definition) is 1. The van der Waals surface area contributed by atoms with Crippen molar-refractivity contribution in [2.24, 2.45) is 5.92 Å². The molecule has 0 spiro atoms. The van der Waals surface area contributed by atoms with Gasteiger partial charge in [0.25, 0.3) is 5.88 Å². The molecule has 1 unspecified atom stereocenters. The number of rotatable bonds is 6. The van der Waals surface area contributed by atoms with E-state index in [1.807, 2.05) is 31.2 Å². The largest absolute Gasteiger partial charge is 0.495 e. The number of anilines is 2. The Bertz CT molecular complexity index is 1090.